The molecule has 28 heavy (non-hydrogen) atoms. The van der Waals surface area contributed by atoms with Crippen LogP contribution in [0, 0.1) is 0 Å². The van der Waals surface area contributed by atoms with E-state index in [-0.39, 0.29) is 5.91 Å². The average Bonchev–Trinajstić information content (AvgIpc) is 3.25. The first-order valence-corrected chi connectivity index (χ1v) is 8.98. The van der Waals surface area contributed by atoms with Gasteiger partial charge in [-0.05, 0) is 52.3 Å². The zero-order chi connectivity index (χ0) is 19.3. The summed E-state index contributed by atoms with van der Waals surface area (Å²) < 4.78 is 8.17. The van der Waals surface area contributed by atoms with E-state index in [1.54, 1.807) is 71.9 Å². The number of anilines is 1. The summed E-state index contributed by atoms with van der Waals surface area (Å²) >= 11 is 3.30. The normalized spacial score (nSPS) is 10.5. The number of hydrogen-bond donors (Lipinski definition) is 1. The predicted molar refractivity (Wildman–Crippen MR) is 106 cm³/mol. The van der Waals surface area contributed by atoms with Crippen LogP contribution >= 0.6 is 15.9 Å². The van der Waals surface area contributed by atoms with Crippen molar-refractivity contribution in [2.45, 2.75) is 0 Å². The summed E-state index contributed by atoms with van der Waals surface area (Å²) in [6.45, 7) is 0. The third-order valence-electron chi connectivity index (χ3n) is 3.70. The highest BCUT2D eigenvalue weighted by Gasteiger charge is 2.08. The molecule has 0 aliphatic carbocycles. The monoisotopic (exact) mass is 436 g/mol. The van der Waals surface area contributed by atoms with Crippen molar-refractivity contribution in [1.82, 2.24) is 24.7 Å². The number of carbonyl (C=O) groups excluding carboxylic acids is 1. The Morgan fingerprint density at radius 1 is 1.04 bits per heavy atom. The molecule has 0 saturated heterocycles. The number of aromatic nitrogens is 5. The molecule has 9 heteroatoms. The Bertz CT molecular complexity index is 1080. The van der Waals surface area contributed by atoms with Gasteiger partial charge in [0.1, 0.15) is 12.1 Å². The minimum atomic E-state index is -0.247. The van der Waals surface area contributed by atoms with Gasteiger partial charge in [-0.1, -0.05) is 0 Å². The Kier molecular flexibility index (Phi) is 5.07. The minimum absolute atomic E-state index is 0.247. The van der Waals surface area contributed by atoms with Crippen LogP contribution in [0.4, 0.5) is 5.69 Å². The predicted octanol–water partition coefficient (Wildman–Crippen LogP) is 3.86. The van der Waals surface area contributed by atoms with Crippen LogP contribution in [0.1, 0.15) is 10.4 Å². The maximum atomic E-state index is 12.2. The SMILES string of the molecule is O=C(Nc1ccc(Oc2ccc(-n3ccnc3)nn2)cc1)c1cncc(Br)c1. The number of pyridine rings is 1. The third-order valence-corrected chi connectivity index (χ3v) is 4.13. The number of benzene rings is 1. The highest BCUT2D eigenvalue weighted by atomic mass is 79.9. The van der Waals surface area contributed by atoms with Gasteiger partial charge in [0.25, 0.3) is 5.91 Å². The molecule has 138 valence electrons. The molecule has 3 heterocycles. The van der Waals surface area contributed by atoms with Crippen molar-refractivity contribution < 1.29 is 9.53 Å². The van der Waals surface area contributed by atoms with Crippen LogP contribution in [0.3, 0.4) is 0 Å². The number of rotatable bonds is 5. The minimum Gasteiger partial charge on any atom is -0.438 e. The first kappa shape index (κ1) is 17.8. The van der Waals surface area contributed by atoms with Crippen molar-refractivity contribution in [2.24, 2.45) is 0 Å². The molecule has 0 bridgehead atoms. The fourth-order valence-corrected chi connectivity index (χ4v) is 2.73. The van der Waals surface area contributed by atoms with Gasteiger partial charge in [-0.25, -0.2) is 4.98 Å². The first-order chi connectivity index (χ1) is 13.7. The van der Waals surface area contributed by atoms with Gasteiger partial charge in [-0.15, -0.1) is 10.2 Å². The van der Waals surface area contributed by atoms with E-state index in [0.29, 0.717) is 28.7 Å². The molecule has 1 N–H and O–H groups in total. The van der Waals surface area contributed by atoms with Gasteiger partial charge in [0.2, 0.25) is 5.88 Å². The lowest BCUT2D eigenvalue weighted by molar-refractivity contribution is 0.102. The summed E-state index contributed by atoms with van der Waals surface area (Å²) in [5.41, 5.74) is 1.10. The van der Waals surface area contributed by atoms with E-state index in [1.807, 2.05) is 0 Å². The van der Waals surface area contributed by atoms with Crippen molar-refractivity contribution in [1.29, 1.82) is 0 Å². The number of imidazole rings is 1. The van der Waals surface area contributed by atoms with Crippen LogP contribution in [0.5, 0.6) is 11.6 Å². The van der Waals surface area contributed by atoms with Crippen molar-refractivity contribution in [2.75, 3.05) is 5.32 Å². The molecule has 0 aliphatic rings. The van der Waals surface area contributed by atoms with Gasteiger partial charge in [-0.3, -0.25) is 14.3 Å². The van der Waals surface area contributed by atoms with Crippen LogP contribution in [0.25, 0.3) is 5.82 Å². The van der Waals surface area contributed by atoms with E-state index in [0.717, 1.165) is 4.47 Å². The zero-order valence-corrected chi connectivity index (χ0v) is 15.9. The van der Waals surface area contributed by atoms with Gasteiger partial charge in [-0.2, -0.15) is 0 Å². The second kappa shape index (κ2) is 7.97. The molecule has 4 aromatic rings. The summed E-state index contributed by atoms with van der Waals surface area (Å²) in [6, 6.07) is 12.2. The third kappa shape index (κ3) is 4.21. The summed E-state index contributed by atoms with van der Waals surface area (Å²) in [5.74, 6) is 1.33. The van der Waals surface area contributed by atoms with Gasteiger partial charge in [0, 0.05) is 41.0 Å². The fourth-order valence-electron chi connectivity index (χ4n) is 2.37. The van der Waals surface area contributed by atoms with E-state index in [1.165, 1.54) is 6.20 Å². The molecule has 4 rings (SSSR count). The summed E-state index contributed by atoms with van der Waals surface area (Å²) in [5, 5.41) is 11.0. The lowest BCUT2D eigenvalue weighted by Crippen LogP contribution is -2.12. The number of carbonyl (C=O) groups is 1. The van der Waals surface area contributed by atoms with Crippen molar-refractivity contribution in [3.63, 3.8) is 0 Å². The lowest BCUT2D eigenvalue weighted by Gasteiger charge is -2.08. The maximum absolute atomic E-state index is 12.2. The Balaban J connectivity index is 1.40. The van der Waals surface area contributed by atoms with E-state index in [4.69, 9.17) is 4.74 Å². The molecule has 1 amide bonds. The van der Waals surface area contributed by atoms with Gasteiger partial charge >= 0.3 is 0 Å². The number of nitrogens with one attached hydrogen (secondary N) is 1. The lowest BCUT2D eigenvalue weighted by atomic mass is 10.2. The molecule has 0 saturated carbocycles. The zero-order valence-electron chi connectivity index (χ0n) is 14.4. The van der Waals surface area contributed by atoms with Gasteiger partial charge < -0.3 is 10.1 Å². The maximum Gasteiger partial charge on any atom is 0.257 e. The molecule has 0 unspecified atom stereocenters. The Morgan fingerprint density at radius 3 is 2.57 bits per heavy atom. The van der Waals surface area contributed by atoms with Crippen molar-refractivity contribution in [3.05, 3.63) is 83.6 Å². The van der Waals surface area contributed by atoms with E-state index < -0.39 is 0 Å². The molecule has 1 aromatic carbocycles. The molecule has 0 atom stereocenters. The second-order valence-electron chi connectivity index (χ2n) is 5.67. The number of halogens is 1. The molecule has 0 aliphatic heterocycles. The van der Waals surface area contributed by atoms with Gasteiger partial charge in [0.05, 0.1) is 5.56 Å². The van der Waals surface area contributed by atoms with Crippen molar-refractivity contribution >= 4 is 27.5 Å². The molecule has 0 spiro atoms. The molecule has 0 fully saturated rings. The molecule has 3 aromatic heterocycles. The summed E-state index contributed by atoms with van der Waals surface area (Å²) in [4.78, 5) is 20.2. The standard InChI is InChI=1S/C19H13BrN6O2/c20-14-9-13(10-22-11-14)19(27)23-15-1-3-16(4-2-15)28-18-6-5-17(24-25-18)26-8-7-21-12-26/h1-12H,(H,23,27). The molecular weight excluding hydrogens is 424 g/mol. The summed E-state index contributed by atoms with van der Waals surface area (Å²) in [6.07, 6.45) is 8.21. The van der Waals surface area contributed by atoms with Crippen molar-refractivity contribution in [3.8, 4) is 17.4 Å². The number of nitrogens with zero attached hydrogens (tertiary/aromatic N) is 5. The van der Waals surface area contributed by atoms with E-state index in [9.17, 15) is 4.79 Å². The summed E-state index contributed by atoms with van der Waals surface area (Å²) in [7, 11) is 0. The van der Waals surface area contributed by atoms with Crippen LogP contribution in [-0.4, -0.2) is 30.6 Å². The average molecular weight is 437 g/mol. The molecule has 0 radical (unpaired) electrons. The topological polar surface area (TPSA) is 94.8 Å². The van der Waals surface area contributed by atoms with E-state index in [2.05, 4.69) is 41.4 Å². The largest absolute Gasteiger partial charge is 0.438 e. The van der Waals surface area contributed by atoms with Crippen LogP contribution in [0.2, 0.25) is 0 Å². The number of ether oxygens (including phenoxy) is 1. The number of hydrogen-bond acceptors (Lipinski definition) is 6. The van der Waals surface area contributed by atoms with Crippen LogP contribution in [0.15, 0.2) is 78.1 Å². The van der Waals surface area contributed by atoms with Crippen LogP contribution in [-0.2, 0) is 0 Å². The molecule has 8 nitrogen and oxygen atoms in total. The Morgan fingerprint density at radius 2 is 1.89 bits per heavy atom. The molecular formula is C19H13BrN6O2. The second-order valence-corrected chi connectivity index (χ2v) is 6.59. The fraction of sp³-hybridized carbons (Fsp3) is 0. The number of amides is 1. The van der Waals surface area contributed by atoms with E-state index >= 15 is 0 Å². The Labute approximate surface area is 168 Å². The smallest absolute Gasteiger partial charge is 0.257 e. The van der Waals surface area contributed by atoms with Gasteiger partial charge in [0.15, 0.2) is 5.82 Å². The van der Waals surface area contributed by atoms with Crippen LogP contribution < -0.4 is 10.1 Å². The first-order valence-electron chi connectivity index (χ1n) is 8.19. The Hall–Kier alpha value is -3.59. The highest BCUT2D eigenvalue weighted by Crippen LogP contribution is 2.22. The highest BCUT2D eigenvalue weighted by molar-refractivity contribution is 9.10. The quantitative estimate of drug-likeness (QED) is 0.510.